The van der Waals surface area contributed by atoms with Crippen LogP contribution < -0.4 is 10.1 Å². The number of nitrogens with zero attached hydrogens (tertiary/aromatic N) is 4. The number of pyridine rings is 1. The first-order chi connectivity index (χ1) is 18.7. The van der Waals surface area contributed by atoms with Crippen LogP contribution in [0.1, 0.15) is 36.0 Å². The fourth-order valence-corrected chi connectivity index (χ4v) is 6.85. The predicted molar refractivity (Wildman–Crippen MR) is 158 cm³/mol. The Morgan fingerprint density at radius 1 is 1.21 bits per heavy atom. The van der Waals surface area contributed by atoms with E-state index in [2.05, 4.69) is 56.8 Å². The van der Waals surface area contributed by atoms with Crippen molar-refractivity contribution in [3.63, 3.8) is 0 Å². The van der Waals surface area contributed by atoms with Crippen LogP contribution in [0.3, 0.4) is 0 Å². The monoisotopic (exact) mass is 615 g/mol. The van der Waals surface area contributed by atoms with Gasteiger partial charge in [0, 0.05) is 67.6 Å². The molecule has 1 saturated heterocycles. The molecule has 3 aromatic rings. The number of hydrogen-bond donors (Lipinski definition) is 1. The maximum absolute atomic E-state index is 12.3. The Labute approximate surface area is 238 Å². The molecule has 39 heavy (non-hydrogen) atoms. The molecule has 5 rings (SSSR count). The van der Waals surface area contributed by atoms with Gasteiger partial charge in [0.1, 0.15) is 18.0 Å². The van der Waals surface area contributed by atoms with Gasteiger partial charge in [-0.15, -0.1) is 0 Å². The average Bonchev–Trinajstić information content (AvgIpc) is 3.64. The number of ether oxygens (including phenoxy) is 2. The van der Waals surface area contributed by atoms with Gasteiger partial charge in [0.05, 0.1) is 33.9 Å². The first kappa shape index (κ1) is 27.8. The molecule has 2 aromatic heterocycles. The summed E-state index contributed by atoms with van der Waals surface area (Å²) in [6.45, 7) is 7.89. The van der Waals surface area contributed by atoms with Gasteiger partial charge < -0.3 is 19.4 Å². The van der Waals surface area contributed by atoms with Crippen molar-refractivity contribution in [2.75, 3.05) is 44.5 Å². The Balaban J connectivity index is 1.41. The molecule has 208 valence electrons. The average molecular weight is 617 g/mol. The van der Waals surface area contributed by atoms with E-state index >= 15 is 0 Å². The number of aliphatic imine (C=N–C) groups is 1. The summed E-state index contributed by atoms with van der Waals surface area (Å²) >= 11 is 3.64. The van der Waals surface area contributed by atoms with E-state index in [0.29, 0.717) is 32.7 Å². The third kappa shape index (κ3) is 5.63. The fraction of sp³-hybridized carbons (Fsp3) is 0.429. The summed E-state index contributed by atoms with van der Waals surface area (Å²) in [5, 5.41) is 3.56. The number of anilines is 1. The highest BCUT2D eigenvalue weighted by Crippen LogP contribution is 2.41. The molecule has 11 heteroatoms. The van der Waals surface area contributed by atoms with E-state index in [-0.39, 0.29) is 11.8 Å². The number of aromatic nitrogens is 2. The smallest absolute Gasteiger partial charge is 0.213 e. The van der Waals surface area contributed by atoms with Gasteiger partial charge >= 0.3 is 0 Å². The van der Waals surface area contributed by atoms with E-state index < -0.39 is 10.0 Å². The first-order valence-corrected chi connectivity index (χ1v) is 15.5. The fourth-order valence-electron chi connectivity index (χ4n) is 5.29. The Kier molecular flexibility index (Phi) is 8.14. The number of halogens is 1. The highest BCUT2D eigenvalue weighted by molar-refractivity contribution is 9.10. The van der Waals surface area contributed by atoms with E-state index in [9.17, 15) is 8.42 Å². The molecular formula is C28H34BrN5O4S. The van der Waals surface area contributed by atoms with Crippen molar-refractivity contribution < 1.29 is 17.9 Å². The maximum atomic E-state index is 12.3. The molecule has 0 aliphatic carbocycles. The topological polar surface area (TPSA) is 98.1 Å². The summed E-state index contributed by atoms with van der Waals surface area (Å²) in [4.78, 5) is 9.72. The third-order valence-electron chi connectivity index (χ3n) is 7.30. The van der Waals surface area contributed by atoms with Crippen molar-refractivity contribution in [1.29, 1.82) is 0 Å². The summed E-state index contributed by atoms with van der Waals surface area (Å²) < 4.78 is 40.2. The number of rotatable bonds is 10. The predicted octanol–water partition coefficient (Wildman–Crippen LogP) is 4.79. The summed E-state index contributed by atoms with van der Waals surface area (Å²) in [5.41, 5.74) is 7.86. The minimum Gasteiger partial charge on any atom is -0.491 e. The van der Waals surface area contributed by atoms with Crippen LogP contribution in [0.2, 0.25) is 0 Å². The molecule has 1 aromatic carbocycles. The largest absolute Gasteiger partial charge is 0.491 e. The van der Waals surface area contributed by atoms with Gasteiger partial charge in [-0.3, -0.25) is 4.98 Å². The van der Waals surface area contributed by atoms with Gasteiger partial charge in [-0.25, -0.2) is 13.4 Å². The van der Waals surface area contributed by atoms with Crippen LogP contribution >= 0.6 is 15.9 Å². The lowest BCUT2D eigenvalue weighted by Crippen LogP contribution is -2.32. The summed E-state index contributed by atoms with van der Waals surface area (Å²) in [6.07, 6.45) is 3.17. The van der Waals surface area contributed by atoms with E-state index in [1.54, 1.807) is 24.5 Å². The second-order valence-electron chi connectivity index (χ2n) is 9.86. The number of nitrogens with one attached hydrogen (secondary N) is 1. The SMILES string of the molecule is CCS(=O)(=O)N1CC[C@H](Nc2c(Br)cnc3c2N=C(c2cc(C)n(-c4cccc(OCCOC)c4)c2C)C3)C1. The second-order valence-corrected chi connectivity index (χ2v) is 13.0. The Morgan fingerprint density at radius 3 is 2.79 bits per heavy atom. The number of sulfonamides is 1. The minimum atomic E-state index is -3.20. The van der Waals surface area contributed by atoms with Gasteiger partial charge in [0.2, 0.25) is 10.0 Å². The van der Waals surface area contributed by atoms with Crippen molar-refractivity contribution in [2.45, 2.75) is 39.7 Å². The molecule has 0 spiro atoms. The molecule has 1 fully saturated rings. The molecule has 1 atom stereocenters. The quantitative estimate of drug-likeness (QED) is 0.329. The molecule has 1 N–H and O–H groups in total. The normalized spacial score (nSPS) is 17.4. The van der Waals surface area contributed by atoms with Crippen molar-refractivity contribution in [3.8, 4) is 11.4 Å². The van der Waals surface area contributed by atoms with Crippen LogP contribution in [0, 0.1) is 13.8 Å². The molecule has 0 unspecified atom stereocenters. The number of methoxy groups -OCH3 is 1. The maximum Gasteiger partial charge on any atom is 0.213 e. The van der Waals surface area contributed by atoms with Crippen molar-refractivity contribution in [3.05, 3.63) is 63.6 Å². The van der Waals surface area contributed by atoms with Crippen molar-refractivity contribution in [1.82, 2.24) is 13.9 Å². The number of fused-ring (bicyclic) bond motifs is 1. The Morgan fingerprint density at radius 2 is 2.03 bits per heavy atom. The van der Waals surface area contributed by atoms with Gasteiger partial charge in [-0.05, 0) is 61.3 Å². The first-order valence-electron chi connectivity index (χ1n) is 13.1. The highest BCUT2D eigenvalue weighted by Gasteiger charge is 2.32. The van der Waals surface area contributed by atoms with Gasteiger partial charge in [0.25, 0.3) is 0 Å². The molecule has 0 radical (unpaired) electrons. The summed E-state index contributed by atoms with van der Waals surface area (Å²) in [7, 11) is -1.54. The van der Waals surface area contributed by atoms with Crippen LogP contribution in [0.15, 0.2) is 46.0 Å². The standard InChI is InChI=1S/C28H34BrN5O4S/c1-5-39(35,36)33-10-9-20(17-33)31-27-24(29)16-30-26-15-25(32-28(26)27)23-13-18(2)34(19(23)3)21-7-6-8-22(14-21)38-12-11-37-4/h6-8,13-14,16,20H,5,9-12,15,17H2,1-4H3,(H,30,31)/t20-/m0/s1. The lowest BCUT2D eigenvalue weighted by Gasteiger charge is -2.18. The van der Waals surface area contributed by atoms with Crippen LogP contribution in [0.5, 0.6) is 5.75 Å². The van der Waals surface area contributed by atoms with Gasteiger partial charge in [-0.1, -0.05) is 6.07 Å². The zero-order chi connectivity index (χ0) is 27.7. The minimum absolute atomic E-state index is 0.0109. The van der Waals surface area contributed by atoms with E-state index in [1.807, 2.05) is 18.2 Å². The molecule has 4 heterocycles. The Hall–Kier alpha value is -2.73. The number of benzene rings is 1. The number of hydrogen-bond acceptors (Lipinski definition) is 7. The summed E-state index contributed by atoms with van der Waals surface area (Å²) in [5.74, 6) is 0.914. The molecular weight excluding hydrogens is 582 g/mol. The van der Waals surface area contributed by atoms with Crippen molar-refractivity contribution >= 4 is 43.0 Å². The van der Waals surface area contributed by atoms with E-state index in [1.165, 1.54) is 0 Å². The van der Waals surface area contributed by atoms with Gasteiger partial charge in [-0.2, -0.15) is 4.31 Å². The zero-order valence-corrected chi connectivity index (χ0v) is 25.1. The molecule has 0 saturated carbocycles. The summed E-state index contributed by atoms with van der Waals surface area (Å²) in [6, 6.07) is 10.2. The highest BCUT2D eigenvalue weighted by atomic mass is 79.9. The lowest BCUT2D eigenvalue weighted by molar-refractivity contribution is 0.146. The lowest BCUT2D eigenvalue weighted by atomic mass is 10.1. The molecule has 2 aliphatic rings. The zero-order valence-electron chi connectivity index (χ0n) is 22.7. The van der Waals surface area contributed by atoms with E-state index in [4.69, 9.17) is 14.5 Å². The second kappa shape index (κ2) is 11.4. The Bertz CT molecular complexity index is 1520. The van der Waals surface area contributed by atoms with Crippen LogP contribution in [0.25, 0.3) is 5.69 Å². The molecule has 9 nitrogen and oxygen atoms in total. The third-order valence-corrected chi connectivity index (χ3v) is 9.75. The molecule has 0 bridgehead atoms. The van der Waals surface area contributed by atoms with Gasteiger partial charge in [0.15, 0.2) is 0 Å². The molecule has 0 amide bonds. The van der Waals surface area contributed by atoms with Crippen molar-refractivity contribution in [2.24, 2.45) is 4.99 Å². The van der Waals surface area contributed by atoms with Crippen LogP contribution in [-0.4, -0.2) is 73.2 Å². The number of aryl methyl sites for hydroxylation is 1. The van der Waals surface area contributed by atoms with Crippen LogP contribution in [0.4, 0.5) is 11.4 Å². The molecule has 2 aliphatic heterocycles. The van der Waals surface area contributed by atoms with E-state index in [0.717, 1.165) is 62.1 Å². The van der Waals surface area contributed by atoms with Crippen LogP contribution in [-0.2, 0) is 21.2 Å².